The average molecular weight is 328 g/mol. The number of amides is 1. The van der Waals surface area contributed by atoms with Gasteiger partial charge in [-0.2, -0.15) is 0 Å². The van der Waals surface area contributed by atoms with E-state index >= 15 is 0 Å². The van der Waals surface area contributed by atoms with E-state index in [1.54, 1.807) is 0 Å². The zero-order chi connectivity index (χ0) is 16.1. The molecule has 23 heavy (non-hydrogen) atoms. The van der Waals surface area contributed by atoms with Crippen molar-refractivity contribution in [1.82, 2.24) is 4.90 Å². The van der Waals surface area contributed by atoms with Gasteiger partial charge in [0.1, 0.15) is 0 Å². The summed E-state index contributed by atoms with van der Waals surface area (Å²) in [5.41, 5.74) is 2.27. The Hall–Kier alpha value is -1.80. The van der Waals surface area contributed by atoms with Crippen LogP contribution >= 0.6 is 11.6 Å². The number of hydrogen-bond acceptors (Lipinski definition) is 1. The third kappa shape index (κ3) is 4.14. The molecular weight excluding hydrogens is 306 g/mol. The molecule has 0 spiro atoms. The van der Waals surface area contributed by atoms with Crippen molar-refractivity contribution in [3.05, 3.63) is 70.7 Å². The molecule has 1 saturated heterocycles. The van der Waals surface area contributed by atoms with Gasteiger partial charge in [0.15, 0.2) is 0 Å². The molecule has 3 heteroatoms. The summed E-state index contributed by atoms with van der Waals surface area (Å²) in [6, 6.07) is 18.5. The molecule has 1 heterocycles. The third-order valence-corrected chi connectivity index (χ3v) is 4.97. The van der Waals surface area contributed by atoms with Gasteiger partial charge < -0.3 is 4.90 Å². The third-order valence-electron chi connectivity index (χ3n) is 4.61. The second-order valence-corrected chi connectivity index (χ2v) is 6.58. The van der Waals surface area contributed by atoms with Crippen LogP contribution in [0.15, 0.2) is 54.6 Å². The minimum atomic E-state index is 0.202. The first-order valence-corrected chi connectivity index (χ1v) is 8.68. The molecule has 0 saturated carbocycles. The molecule has 1 amide bonds. The predicted octanol–water partition coefficient (Wildman–Crippen LogP) is 4.51. The molecule has 2 aromatic rings. The molecule has 0 N–H and O–H groups in total. The molecule has 1 fully saturated rings. The fraction of sp³-hybridized carbons (Fsp3) is 0.350. The minimum Gasteiger partial charge on any atom is -0.339 e. The van der Waals surface area contributed by atoms with Crippen LogP contribution in [0, 0.1) is 0 Å². The first-order valence-electron chi connectivity index (χ1n) is 8.31. The number of likely N-dealkylation sites (tertiary alicyclic amines) is 1. The van der Waals surface area contributed by atoms with E-state index in [4.69, 9.17) is 11.6 Å². The summed E-state index contributed by atoms with van der Waals surface area (Å²) in [7, 11) is 0. The van der Waals surface area contributed by atoms with Crippen LogP contribution < -0.4 is 0 Å². The van der Waals surface area contributed by atoms with Gasteiger partial charge in [-0.05, 0) is 42.9 Å². The maximum absolute atomic E-state index is 12.7. The Morgan fingerprint density at radius 1 is 1.09 bits per heavy atom. The van der Waals surface area contributed by atoms with E-state index in [-0.39, 0.29) is 5.91 Å². The van der Waals surface area contributed by atoms with Gasteiger partial charge in [-0.1, -0.05) is 60.1 Å². The number of rotatable bonds is 5. The van der Waals surface area contributed by atoms with Gasteiger partial charge in [0.25, 0.3) is 0 Å². The van der Waals surface area contributed by atoms with Gasteiger partial charge in [0.05, 0.1) is 6.42 Å². The van der Waals surface area contributed by atoms with Crippen molar-refractivity contribution in [2.45, 2.75) is 38.1 Å². The summed E-state index contributed by atoms with van der Waals surface area (Å²) < 4.78 is 0. The van der Waals surface area contributed by atoms with Crippen molar-refractivity contribution in [2.75, 3.05) is 6.54 Å². The topological polar surface area (TPSA) is 20.3 Å². The number of carbonyl (C=O) groups excluding carboxylic acids is 1. The second-order valence-electron chi connectivity index (χ2n) is 6.18. The maximum atomic E-state index is 12.7. The maximum Gasteiger partial charge on any atom is 0.227 e. The Morgan fingerprint density at radius 3 is 2.61 bits per heavy atom. The lowest BCUT2D eigenvalue weighted by Gasteiger charge is -2.25. The van der Waals surface area contributed by atoms with E-state index < -0.39 is 0 Å². The molecule has 0 bridgehead atoms. The molecule has 2 aromatic carbocycles. The van der Waals surface area contributed by atoms with Crippen LogP contribution in [0.1, 0.15) is 30.4 Å². The van der Waals surface area contributed by atoms with E-state index in [1.165, 1.54) is 5.56 Å². The zero-order valence-electron chi connectivity index (χ0n) is 13.2. The van der Waals surface area contributed by atoms with E-state index in [2.05, 4.69) is 29.2 Å². The van der Waals surface area contributed by atoms with Crippen LogP contribution in [0.4, 0.5) is 0 Å². The minimum absolute atomic E-state index is 0.202. The molecule has 1 atom stereocenters. The van der Waals surface area contributed by atoms with Crippen LogP contribution in [-0.2, 0) is 17.6 Å². The highest BCUT2D eigenvalue weighted by atomic mass is 35.5. The van der Waals surface area contributed by atoms with Crippen molar-refractivity contribution >= 4 is 17.5 Å². The summed E-state index contributed by atoms with van der Waals surface area (Å²) >= 11 is 6.18. The number of benzene rings is 2. The molecule has 0 aliphatic carbocycles. The summed E-state index contributed by atoms with van der Waals surface area (Å²) in [6.07, 6.45) is 4.69. The number of nitrogens with zero attached hydrogens (tertiary/aromatic N) is 1. The Morgan fingerprint density at radius 2 is 1.83 bits per heavy atom. The normalized spacial score (nSPS) is 17.4. The molecular formula is C20H22ClNO. The van der Waals surface area contributed by atoms with Gasteiger partial charge in [-0.15, -0.1) is 0 Å². The van der Waals surface area contributed by atoms with E-state index in [0.717, 1.165) is 37.8 Å². The highest BCUT2D eigenvalue weighted by Crippen LogP contribution is 2.24. The fourth-order valence-corrected chi connectivity index (χ4v) is 3.55. The Kier molecular flexibility index (Phi) is 5.35. The lowest BCUT2D eigenvalue weighted by atomic mass is 10.0. The molecule has 120 valence electrons. The smallest absolute Gasteiger partial charge is 0.227 e. The van der Waals surface area contributed by atoms with Gasteiger partial charge in [-0.25, -0.2) is 0 Å². The number of carbonyl (C=O) groups is 1. The first kappa shape index (κ1) is 16.1. The van der Waals surface area contributed by atoms with E-state index in [9.17, 15) is 4.79 Å². The predicted molar refractivity (Wildman–Crippen MR) is 94.7 cm³/mol. The molecule has 0 unspecified atom stereocenters. The first-order chi connectivity index (χ1) is 11.2. The number of hydrogen-bond donors (Lipinski definition) is 0. The fourth-order valence-electron chi connectivity index (χ4n) is 3.35. The SMILES string of the molecule is O=C(Cc1ccccc1Cl)N1CCC[C@H]1CCc1ccccc1. The second kappa shape index (κ2) is 7.65. The number of aryl methyl sites for hydroxylation is 1. The van der Waals surface area contributed by atoms with Gasteiger partial charge >= 0.3 is 0 Å². The highest BCUT2D eigenvalue weighted by molar-refractivity contribution is 6.31. The van der Waals surface area contributed by atoms with Crippen molar-refractivity contribution in [1.29, 1.82) is 0 Å². The summed E-state index contributed by atoms with van der Waals surface area (Å²) in [6.45, 7) is 0.878. The molecule has 0 radical (unpaired) electrons. The van der Waals surface area contributed by atoms with Crippen LogP contribution in [0.5, 0.6) is 0 Å². The molecule has 0 aromatic heterocycles. The van der Waals surface area contributed by atoms with E-state index in [0.29, 0.717) is 17.5 Å². The lowest BCUT2D eigenvalue weighted by molar-refractivity contribution is -0.131. The van der Waals surface area contributed by atoms with Crippen molar-refractivity contribution in [2.24, 2.45) is 0 Å². The van der Waals surface area contributed by atoms with Gasteiger partial charge in [0, 0.05) is 17.6 Å². The zero-order valence-corrected chi connectivity index (χ0v) is 14.0. The van der Waals surface area contributed by atoms with Crippen LogP contribution in [0.2, 0.25) is 5.02 Å². The molecule has 3 rings (SSSR count). The Bertz CT molecular complexity index is 656. The Labute approximate surface area is 143 Å². The molecule has 2 nitrogen and oxygen atoms in total. The van der Waals surface area contributed by atoms with Gasteiger partial charge in [-0.3, -0.25) is 4.79 Å². The Balaban J connectivity index is 1.60. The molecule has 1 aliphatic rings. The lowest BCUT2D eigenvalue weighted by Crippen LogP contribution is -2.36. The largest absolute Gasteiger partial charge is 0.339 e. The van der Waals surface area contributed by atoms with Crippen molar-refractivity contribution in [3.63, 3.8) is 0 Å². The standard InChI is InChI=1S/C20H22ClNO/c21-19-11-5-4-9-17(19)15-20(23)22-14-6-10-18(22)13-12-16-7-2-1-3-8-16/h1-5,7-9,11,18H,6,10,12-15H2/t18-/m0/s1. The van der Waals surface area contributed by atoms with Crippen LogP contribution in [0.3, 0.4) is 0 Å². The highest BCUT2D eigenvalue weighted by Gasteiger charge is 2.28. The molecule has 1 aliphatic heterocycles. The van der Waals surface area contributed by atoms with Crippen LogP contribution in [0.25, 0.3) is 0 Å². The van der Waals surface area contributed by atoms with Crippen molar-refractivity contribution in [3.8, 4) is 0 Å². The van der Waals surface area contributed by atoms with Crippen LogP contribution in [-0.4, -0.2) is 23.4 Å². The quantitative estimate of drug-likeness (QED) is 0.791. The van der Waals surface area contributed by atoms with Crippen molar-refractivity contribution < 1.29 is 4.79 Å². The summed E-state index contributed by atoms with van der Waals surface area (Å²) in [5, 5.41) is 0.681. The average Bonchev–Trinajstić information content (AvgIpc) is 3.05. The summed E-state index contributed by atoms with van der Waals surface area (Å²) in [5.74, 6) is 0.202. The summed E-state index contributed by atoms with van der Waals surface area (Å²) in [4.78, 5) is 14.7. The monoisotopic (exact) mass is 327 g/mol. The van der Waals surface area contributed by atoms with Gasteiger partial charge in [0.2, 0.25) is 5.91 Å². The van der Waals surface area contributed by atoms with E-state index in [1.807, 2.05) is 30.3 Å². The number of halogens is 1.